The van der Waals surface area contributed by atoms with E-state index in [0.717, 1.165) is 38.2 Å². The Morgan fingerprint density at radius 1 is 1.09 bits per heavy atom. The van der Waals surface area contributed by atoms with Gasteiger partial charge in [0.1, 0.15) is 16.3 Å². The van der Waals surface area contributed by atoms with E-state index in [9.17, 15) is 4.55 Å². The highest BCUT2D eigenvalue weighted by molar-refractivity contribution is 9.10. The number of rotatable bonds is 7. The average Bonchev–Trinajstić information content (AvgIpc) is 3.21. The van der Waals surface area contributed by atoms with Crippen molar-refractivity contribution in [2.24, 2.45) is 0 Å². The number of nitrogens with one attached hydrogen (secondary N) is 2. The zero-order valence-corrected chi connectivity index (χ0v) is 21.5. The number of hydrogen-bond donors (Lipinski definition) is 2. The van der Waals surface area contributed by atoms with E-state index in [1.54, 1.807) is 0 Å². The Labute approximate surface area is 205 Å². The largest absolute Gasteiger partial charge is 0.598 e. The minimum absolute atomic E-state index is 0.247. The number of hydrogen-bond acceptors (Lipinski definition) is 6. The highest BCUT2D eigenvalue weighted by atomic mass is 79.9. The molecule has 2 atom stereocenters. The van der Waals surface area contributed by atoms with Crippen molar-refractivity contribution in [2.75, 3.05) is 12.4 Å². The van der Waals surface area contributed by atoms with Gasteiger partial charge in [0.15, 0.2) is 5.58 Å². The summed E-state index contributed by atoms with van der Waals surface area (Å²) in [6.07, 6.45) is 0.565. The van der Waals surface area contributed by atoms with Gasteiger partial charge in [-0.15, -0.1) is 4.72 Å². The lowest BCUT2D eigenvalue weighted by atomic mass is 9.94. The van der Waals surface area contributed by atoms with Crippen LogP contribution >= 0.6 is 15.9 Å². The zero-order valence-electron chi connectivity index (χ0n) is 19.1. The monoisotopic (exact) mass is 526 g/mol. The van der Waals surface area contributed by atoms with Crippen LogP contribution in [0.3, 0.4) is 0 Å². The first-order valence-corrected chi connectivity index (χ1v) is 12.7. The van der Waals surface area contributed by atoms with E-state index in [-0.39, 0.29) is 6.04 Å². The van der Waals surface area contributed by atoms with E-state index in [4.69, 9.17) is 4.52 Å². The predicted octanol–water partition coefficient (Wildman–Crippen LogP) is 6.03. The number of anilines is 1. The number of halogens is 1. The van der Waals surface area contributed by atoms with E-state index in [1.807, 2.05) is 88.5 Å². The molecular weight excluding hydrogens is 500 g/mol. The van der Waals surface area contributed by atoms with E-state index >= 15 is 0 Å². The van der Waals surface area contributed by atoms with E-state index in [0.29, 0.717) is 12.0 Å². The lowest BCUT2D eigenvalue weighted by Gasteiger charge is -2.29. The van der Waals surface area contributed by atoms with Gasteiger partial charge in [-0.3, -0.25) is 0 Å². The summed E-state index contributed by atoms with van der Waals surface area (Å²) in [5.74, 6) is 0.796. The zero-order chi connectivity index (χ0) is 23.6. The SMILES string of the molecule is CNc1cccc(CC(N[S@@+]([O-])C(C)(C)C)c2ccccc2-c2noc3cc(Br)ccc23)n1. The second-order valence-electron chi connectivity index (χ2n) is 8.78. The second kappa shape index (κ2) is 9.85. The molecule has 0 aliphatic rings. The van der Waals surface area contributed by atoms with Crippen LogP contribution in [0.15, 0.2) is 69.7 Å². The van der Waals surface area contributed by atoms with Crippen LogP contribution in [0.4, 0.5) is 5.82 Å². The Hall–Kier alpha value is -2.39. The van der Waals surface area contributed by atoms with Crippen molar-refractivity contribution in [3.05, 3.63) is 76.4 Å². The van der Waals surface area contributed by atoms with Crippen molar-refractivity contribution < 1.29 is 9.08 Å². The third kappa shape index (κ3) is 5.41. The van der Waals surface area contributed by atoms with Crippen LogP contribution in [0.5, 0.6) is 0 Å². The molecule has 2 heterocycles. The van der Waals surface area contributed by atoms with Crippen molar-refractivity contribution in [3.8, 4) is 11.3 Å². The van der Waals surface area contributed by atoms with E-state index in [1.165, 1.54) is 0 Å². The molecule has 4 aromatic rings. The van der Waals surface area contributed by atoms with Crippen LogP contribution in [0, 0.1) is 0 Å². The lowest BCUT2D eigenvalue weighted by Crippen LogP contribution is -2.42. The Balaban J connectivity index is 1.79. The van der Waals surface area contributed by atoms with Crippen LogP contribution in [0.25, 0.3) is 22.2 Å². The normalized spacial score (nSPS) is 13.8. The summed E-state index contributed by atoms with van der Waals surface area (Å²) in [4.78, 5) is 4.69. The molecule has 8 heteroatoms. The number of pyridine rings is 1. The molecule has 6 nitrogen and oxygen atoms in total. The topological polar surface area (TPSA) is 86.0 Å². The Kier molecular flexibility index (Phi) is 7.09. The van der Waals surface area contributed by atoms with Crippen LogP contribution in [-0.4, -0.2) is 26.5 Å². The molecule has 1 unspecified atom stereocenters. The molecule has 0 radical (unpaired) electrons. The molecule has 33 heavy (non-hydrogen) atoms. The number of aromatic nitrogens is 2. The van der Waals surface area contributed by atoms with Gasteiger partial charge in [0.25, 0.3) is 0 Å². The molecule has 0 aliphatic carbocycles. The molecular formula is C25H27BrN4O2S. The minimum atomic E-state index is -1.28. The van der Waals surface area contributed by atoms with Gasteiger partial charge >= 0.3 is 0 Å². The summed E-state index contributed by atoms with van der Waals surface area (Å²) in [5.41, 5.74) is 4.30. The van der Waals surface area contributed by atoms with Crippen molar-refractivity contribution in [2.45, 2.75) is 38.0 Å². The summed E-state index contributed by atoms with van der Waals surface area (Å²) in [6.45, 7) is 5.88. The van der Waals surface area contributed by atoms with Gasteiger partial charge in [-0.25, -0.2) is 4.98 Å². The number of fused-ring (bicyclic) bond motifs is 1. The fourth-order valence-electron chi connectivity index (χ4n) is 3.58. The lowest BCUT2D eigenvalue weighted by molar-refractivity contribution is 0.459. The summed E-state index contributed by atoms with van der Waals surface area (Å²) < 4.78 is 22.6. The van der Waals surface area contributed by atoms with Gasteiger partial charge in [0.2, 0.25) is 0 Å². The van der Waals surface area contributed by atoms with Crippen molar-refractivity contribution in [1.29, 1.82) is 0 Å². The minimum Gasteiger partial charge on any atom is -0.598 e. The summed E-state index contributed by atoms with van der Waals surface area (Å²) in [5, 5.41) is 8.40. The number of nitrogens with zero attached hydrogens (tertiary/aromatic N) is 2. The second-order valence-corrected chi connectivity index (χ2v) is 11.7. The summed E-state index contributed by atoms with van der Waals surface area (Å²) in [7, 11) is 1.85. The van der Waals surface area contributed by atoms with Crippen molar-refractivity contribution >= 4 is 44.1 Å². The first-order chi connectivity index (χ1) is 15.8. The maximum atomic E-state index is 13.1. The average molecular weight is 527 g/mol. The van der Waals surface area contributed by atoms with Crippen LogP contribution < -0.4 is 10.0 Å². The Morgan fingerprint density at radius 2 is 1.88 bits per heavy atom. The molecule has 172 valence electrons. The van der Waals surface area contributed by atoms with Gasteiger partial charge in [0, 0.05) is 45.9 Å². The van der Waals surface area contributed by atoms with Crippen LogP contribution in [0.1, 0.15) is 38.1 Å². The van der Waals surface area contributed by atoms with Crippen molar-refractivity contribution in [3.63, 3.8) is 0 Å². The van der Waals surface area contributed by atoms with Gasteiger partial charge in [0.05, 0.1) is 6.04 Å². The van der Waals surface area contributed by atoms with E-state index in [2.05, 4.69) is 36.1 Å². The van der Waals surface area contributed by atoms with Gasteiger partial charge in [-0.2, -0.15) is 0 Å². The predicted molar refractivity (Wildman–Crippen MR) is 138 cm³/mol. The highest BCUT2D eigenvalue weighted by Gasteiger charge is 2.31. The fourth-order valence-corrected chi connectivity index (χ4v) is 4.75. The van der Waals surface area contributed by atoms with Gasteiger partial charge in [-0.1, -0.05) is 51.4 Å². The van der Waals surface area contributed by atoms with Crippen molar-refractivity contribution in [1.82, 2.24) is 14.9 Å². The molecule has 2 N–H and O–H groups in total. The Bertz CT molecular complexity index is 1250. The molecule has 2 aromatic carbocycles. The first kappa shape index (κ1) is 23.8. The maximum absolute atomic E-state index is 13.1. The third-order valence-corrected chi connectivity index (χ3v) is 7.41. The molecule has 0 fully saturated rings. The smallest absolute Gasteiger partial charge is 0.168 e. The third-order valence-electron chi connectivity index (χ3n) is 5.31. The standard InChI is InChI=1S/C25H27BrN4O2S/c1-25(2,3)33(31)30-21(15-17-8-7-11-23(27-4)28-17)18-9-5-6-10-19(18)24-20-13-12-16(26)14-22(20)32-29-24/h5-14,21,30H,15H2,1-4H3,(H,27,28)/t21?,33-/m0/s1. The summed E-state index contributed by atoms with van der Waals surface area (Å²) >= 11 is 2.21. The fraction of sp³-hybridized carbons (Fsp3) is 0.280. The summed E-state index contributed by atoms with van der Waals surface area (Å²) in [6, 6.07) is 19.6. The molecule has 4 rings (SSSR count). The molecule has 0 amide bonds. The molecule has 2 aromatic heterocycles. The molecule has 0 bridgehead atoms. The molecule has 0 saturated heterocycles. The Morgan fingerprint density at radius 3 is 2.64 bits per heavy atom. The maximum Gasteiger partial charge on any atom is 0.168 e. The van der Waals surface area contributed by atoms with E-state index < -0.39 is 16.1 Å². The number of benzene rings is 2. The van der Waals surface area contributed by atoms with Crippen LogP contribution in [0.2, 0.25) is 0 Å². The molecule has 0 aliphatic heterocycles. The van der Waals surface area contributed by atoms with Gasteiger partial charge < -0.3 is 14.4 Å². The van der Waals surface area contributed by atoms with Gasteiger partial charge in [-0.05, 0) is 56.7 Å². The quantitative estimate of drug-likeness (QED) is 0.286. The highest BCUT2D eigenvalue weighted by Crippen LogP contribution is 2.35. The first-order valence-electron chi connectivity index (χ1n) is 10.7. The van der Waals surface area contributed by atoms with Crippen LogP contribution in [-0.2, 0) is 17.8 Å². The molecule has 0 spiro atoms. The molecule has 0 saturated carbocycles.